The van der Waals surface area contributed by atoms with E-state index in [1.54, 1.807) is 24.3 Å². The van der Waals surface area contributed by atoms with Crippen LogP contribution < -0.4 is 10.6 Å². The Bertz CT molecular complexity index is 2410. The van der Waals surface area contributed by atoms with Crippen molar-refractivity contribution >= 4 is 83.9 Å². The summed E-state index contributed by atoms with van der Waals surface area (Å²) >= 11 is 0. The van der Waals surface area contributed by atoms with Gasteiger partial charge in [-0.05, 0) is 91.6 Å². The molecule has 5 N–H and O–H groups in total. The van der Waals surface area contributed by atoms with Crippen LogP contribution in [0.25, 0.3) is 10.8 Å². The van der Waals surface area contributed by atoms with Crippen molar-refractivity contribution < 1.29 is 45.4 Å². The molecule has 0 aliphatic rings. The molecule has 5 aromatic carbocycles. The second kappa shape index (κ2) is 13.5. The number of aliphatic imine (C=N–C) groups is 1. The molecule has 0 aromatic heterocycles. The maximum atomic E-state index is 13.0. The molecule has 0 saturated heterocycles. The summed E-state index contributed by atoms with van der Waals surface area (Å²) in [6.45, 7) is 3.41. The zero-order chi connectivity index (χ0) is 35.5. The largest absolute Gasteiger partial charge is 0.478 e. The molecule has 248 valence electrons. The summed E-state index contributed by atoms with van der Waals surface area (Å²) in [5, 5.41) is 22.5. The third kappa shape index (κ3) is 7.88. The predicted molar refractivity (Wildman–Crippen MR) is 179 cm³/mol. The zero-order valence-electron chi connectivity index (χ0n) is 24.8. The fraction of sp³-hybridized carbons (Fsp3) is 0. The van der Waals surface area contributed by atoms with Crippen LogP contribution in [0.15, 0.2) is 122 Å². The minimum atomic E-state index is -4.85. The lowest BCUT2D eigenvalue weighted by Crippen LogP contribution is -2.18. The van der Waals surface area contributed by atoms with Gasteiger partial charge in [0, 0.05) is 27.7 Å². The number of carbonyl (C=O) groups is 3. The van der Waals surface area contributed by atoms with Crippen molar-refractivity contribution in [3.63, 3.8) is 0 Å². The number of amides is 2. The summed E-state index contributed by atoms with van der Waals surface area (Å²) in [6.07, 6.45) is 0. The van der Waals surface area contributed by atoms with Crippen molar-refractivity contribution in [3.8, 4) is 0 Å². The normalized spacial score (nSPS) is 11.7. The van der Waals surface area contributed by atoms with Gasteiger partial charge in [-0.1, -0.05) is 12.1 Å². The quantitative estimate of drug-likeness (QED) is 0.0619. The van der Waals surface area contributed by atoms with Crippen LogP contribution in [0.5, 0.6) is 0 Å². The van der Waals surface area contributed by atoms with E-state index in [0.29, 0.717) is 11.4 Å². The number of benzene rings is 5. The Hall–Kier alpha value is -6.14. The molecule has 2 amide bonds. The number of carboxylic acid groups (broad SMARTS) is 1. The van der Waals surface area contributed by atoms with Crippen molar-refractivity contribution in [2.45, 2.75) is 9.79 Å². The summed E-state index contributed by atoms with van der Waals surface area (Å²) in [6, 6.07) is 21.3. The minimum Gasteiger partial charge on any atom is -0.478 e. The predicted octanol–water partition coefficient (Wildman–Crippen LogP) is 6.28. The highest BCUT2D eigenvalue weighted by Crippen LogP contribution is 2.34. The minimum absolute atomic E-state index is 0.00100. The topological polar surface area (TPSA) is 241 Å². The lowest BCUT2D eigenvalue weighted by molar-refractivity contribution is 0.0692. The van der Waals surface area contributed by atoms with Gasteiger partial charge in [0.2, 0.25) is 0 Å². The molecule has 17 heteroatoms. The standard InChI is InChI=1S/C32H23N5O10S2/c1-33-19-6-8-20(9-7-19)34-30(38)18-5-14-25(27(15-18)32(40)41)31(39)35-21-10-12-22(13-11-21)36-37-23-16-26-24(29(17-23)49(45,46)47)3-2-4-28(26)48(42,43)44/h2-17H,1H2,(H,34,38)(H,35,39)(H,40,41)(H,42,43,44)(H,45,46,47). The van der Waals surface area contributed by atoms with Gasteiger partial charge in [-0.15, -0.1) is 0 Å². The van der Waals surface area contributed by atoms with Crippen LogP contribution in [-0.4, -0.2) is 55.5 Å². The van der Waals surface area contributed by atoms with Crippen molar-refractivity contribution in [2.24, 2.45) is 15.2 Å². The number of azo groups is 1. The van der Waals surface area contributed by atoms with Crippen LogP contribution in [0.1, 0.15) is 31.1 Å². The first-order valence-corrected chi connectivity index (χ1v) is 16.6. The Morgan fingerprint density at radius 2 is 1.16 bits per heavy atom. The monoisotopic (exact) mass is 701 g/mol. The van der Waals surface area contributed by atoms with Crippen molar-refractivity contribution in [2.75, 3.05) is 10.6 Å². The van der Waals surface area contributed by atoms with Gasteiger partial charge in [0.1, 0.15) is 9.79 Å². The van der Waals surface area contributed by atoms with E-state index < -0.39 is 53.4 Å². The number of hydrogen-bond donors (Lipinski definition) is 5. The van der Waals surface area contributed by atoms with E-state index in [1.807, 2.05) is 0 Å². The first kappa shape index (κ1) is 34.2. The van der Waals surface area contributed by atoms with Crippen LogP contribution in [0.2, 0.25) is 0 Å². The van der Waals surface area contributed by atoms with E-state index in [-0.39, 0.29) is 39.0 Å². The lowest BCUT2D eigenvalue weighted by atomic mass is 10.0. The van der Waals surface area contributed by atoms with Crippen LogP contribution >= 0.6 is 0 Å². The molecule has 0 unspecified atom stereocenters. The third-order valence-electron chi connectivity index (χ3n) is 6.93. The first-order chi connectivity index (χ1) is 23.1. The maximum absolute atomic E-state index is 13.0. The number of carbonyl (C=O) groups excluding carboxylic acids is 2. The molecule has 0 aliphatic carbocycles. The molecule has 0 spiro atoms. The molecular formula is C32H23N5O10S2. The number of rotatable bonds is 10. The van der Waals surface area contributed by atoms with Gasteiger partial charge in [0.05, 0.1) is 28.2 Å². The highest BCUT2D eigenvalue weighted by molar-refractivity contribution is 7.86. The molecule has 5 aromatic rings. The molecule has 49 heavy (non-hydrogen) atoms. The molecule has 0 atom stereocenters. The number of hydrogen-bond acceptors (Lipinski definition) is 10. The van der Waals surface area contributed by atoms with Crippen LogP contribution in [0, 0.1) is 0 Å². The van der Waals surface area contributed by atoms with Crippen molar-refractivity contribution in [1.82, 2.24) is 0 Å². The molecule has 15 nitrogen and oxygen atoms in total. The lowest BCUT2D eigenvalue weighted by Gasteiger charge is -2.11. The van der Waals surface area contributed by atoms with Gasteiger partial charge in [-0.25, -0.2) is 4.79 Å². The summed E-state index contributed by atoms with van der Waals surface area (Å²) in [4.78, 5) is 40.3. The maximum Gasteiger partial charge on any atom is 0.336 e. The highest BCUT2D eigenvalue weighted by Gasteiger charge is 2.22. The number of nitrogens with zero attached hydrogens (tertiary/aromatic N) is 3. The van der Waals surface area contributed by atoms with E-state index in [2.05, 4.69) is 32.6 Å². The second-order valence-corrected chi connectivity index (χ2v) is 13.0. The number of carboxylic acids is 1. The Kier molecular flexibility index (Phi) is 9.45. The van der Waals surface area contributed by atoms with E-state index in [0.717, 1.165) is 24.3 Å². The van der Waals surface area contributed by atoms with Gasteiger partial charge >= 0.3 is 5.97 Å². The average Bonchev–Trinajstić information content (AvgIpc) is 3.06. The van der Waals surface area contributed by atoms with Crippen molar-refractivity contribution in [3.05, 3.63) is 114 Å². The molecule has 0 bridgehead atoms. The number of aromatic carboxylic acids is 1. The van der Waals surface area contributed by atoms with Gasteiger partial charge in [-0.2, -0.15) is 27.1 Å². The first-order valence-electron chi connectivity index (χ1n) is 13.7. The van der Waals surface area contributed by atoms with E-state index in [9.17, 15) is 45.4 Å². The third-order valence-corrected chi connectivity index (χ3v) is 8.73. The number of anilines is 2. The van der Waals surface area contributed by atoms with Crippen LogP contribution in [-0.2, 0) is 20.2 Å². The van der Waals surface area contributed by atoms with Gasteiger partial charge in [0.15, 0.2) is 0 Å². The van der Waals surface area contributed by atoms with E-state index >= 15 is 0 Å². The van der Waals surface area contributed by atoms with E-state index in [4.69, 9.17) is 0 Å². The van der Waals surface area contributed by atoms with Gasteiger partial charge in [0.25, 0.3) is 32.1 Å². The second-order valence-electron chi connectivity index (χ2n) is 10.2. The summed E-state index contributed by atoms with van der Waals surface area (Å²) in [5.74, 6) is -2.82. The Labute approximate surface area is 278 Å². The smallest absolute Gasteiger partial charge is 0.336 e. The van der Waals surface area contributed by atoms with Crippen molar-refractivity contribution in [1.29, 1.82) is 0 Å². The SMILES string of the molecule is C=Nc1ccc(NC(=O)c2ccc(C(=O)Nc3ccc(N=Nc4cc(S(=O)(=O)O)c5cccc(S(=O)(=O)O)c5c4)cc3)c(C(=O)O)c2)cc1. The van der Waals surface area contributed by atoms with E-state index in [1.165, 1.54) is 48.5 Å². The number of fused-ring (bicyclic) bond motifs is 1. The summed E-state index contributed by atoms with van der Waals surface area (Å²) in [5.41, 5.74) is 0.656. The van der Waals surface area contributed by atoms with Gasteiger partial charge in [-0.3, -0.25) is 23.7 Å². The number of nitrogens with one attached hydrogen (secondary N) is 2. The molecule has 0 fully saturated rings. The fourth-order valence-electron chi connectivity index (χ4n) is 4.64. The molecule has 0 radical (unpaired) electrons. The summed E-state index contributed by atoms with van der Waals surface area (Å²) < 4.78 is 67.2. The average molecular weight is 702 g/mol. The zero-order valence-corrected chi connectivity index (χ0v) is 26.4. The Balaban J connectivity index is 1.34. The Morgan fingerprint density at radius 3 is 1.73 bits per heavy atom. The fourth-order valence-corrected chi connectivity index (χ4v) is 6.07. The summed E-state index contributed by atoms with van der Waals surface area (Å²) in [7, 11) is -9.62. The Morgan fingerprint density at radius 1 is 0.592 bits per heavy atom. The molecule has 5 rings (SSSR count). The highest BCUT2D eigenvalue weighted by atomic mass is 32.2. The molecule has 0 saturated carbocycles. The molecule has 0 heterocycles. The van der Waals surface area contributed by atoms with Crippen LogP contribution in [0.4, 0.5) is 28.4 Å². The van der Waals surface area contributed by atoms with Crippen LogP contribution in [0.3, 0.4) is 0 Å². The molecular weight excluding hydrogens is 679 g/mol. The molecule has 0 aliphatic heterocycles. The van der Waals surface area contributed by atoms with Gasteiger partial charge < -0.3 is 15.7 Å².